The highest BCUT2D eigenvalue weighted by Crippen LogP contribution is 2.38. The number of hydrogen-bond acceptors (Lipinski definition) is 7. The van der Waals surface area contributed by atoms with Crippen molar-refractivity contribution in [2.45, 2.75) is 45.1 Å². The number of pyridine rings is 1. The highest BCUT2D eigenvalue weighted by Gasteiger charge is 2.38. The SMILES string of the molecule is C=C(C(=O)N(c1nc(NCCOC)cc(N)c1CCCC)C1CC1)c1nccs1. The van der Waals surface area contributed by atoms with Crippen molar-refractivity contribution in [2.75, 3.05) is 36.2 Å². The number of hydrogen-bond donors (Lipinski definition) is 2. The number of nitrogen functional groups attached to an aromatic ring is 1. The van der Waals surface area contributed by atoms with E-state index in [0.29, 0.717) is 41.1 Å². The summed E-state index contributed by atoms with van der Waals surface area (Å²) in [7, 11) is 1.65. The van der Waals surface area contributed by atoms with Gasteiger partial charge in [0, 0.05) is 48.6 Å². The van der Waals surface area contributed by atoms with E-state index in [1.807, 2.05) is 11.4 Å². The summed E-state index contributed by atoms with van der Waals surface area (Å²) in [5.74, 6) is 1.14. The highest BCUT2D eigenvalue weighted by atomic mass is 32.1. The average molecular weight is 416 g/mol. The first-order valence-electron chi connectivity index (χ1n) is 10.0. The summed E-state index contributed by atoms with van der Waals surface area (Å²) >= 11 is 1.41. The summed E-state index contributed by atoms with van der Waals surface area (Å²) in [6, 6.07) is 1.97. The van der Waals surface area contributed by atoms with Crippen LogP contribution in [0.3, 0.4) is 0 Å². The molecule has 3 N–H and O–H groups in total. The van der Waals surface area contributed by atoms with E-state index >= 15 is 0 Å². The van der Waals surface area contributed by atoms with Crippen molar-refractivity contribution in [3.05, 3.63) is 34.8 Å². The van der Waals surface area contributed by atoms with Gasteiger partial charge >= 0.3 is 0 Å². The molecule has 0 bridgehead atoms. The third-order valence-corrected chi connectivity index (χ3v) is 5.67. The predicted molar refractivity (Wildman–Crippen MR) is 119 cm³/mol. The fraction of sp³-hybridized carbons (Fsp3) is 0.476. The number of amides is 1. The molecular formula is C21H29N5O2S. The summed E-state index contributed by atoms with van der Waals surface area (Å²) in [6.07, 6.45) is 6.39. The van der Waals surface area contributed by atoms with Gasteiger partial charge in [-0.25, -0.2) is 9.97 Å². The third-order valence-electron chi connectivity index (χ3n) is 4.84. The van der Waals surface area contributed by atoms with Crippen molar-refractivity contribution in [3.8, 4) is 0 Å². The summed E-state index contributed by atoms with van der Waals surface area (Å²) in [5.41, 5.74) is 8.39. The minimum atomic E-state index is -0.152. The van der Waals surface area contributed by atoms with Gasteiger partial charge in [0.1, 0.15) is 16.6 Å². The van der Waals surface area contributed by atoms with E-state index in [1.165, 1.54) is 11.3 Å². The Hall–Kier alpha value is -2.45. The molecule has 0 aromatic carbocycles. The number of ether oxygens (including phenoxy) is 1. The molecular weight excluding hydrogens is 386 g/mol. The topological polar surface area (TPSA) is 93.4 Å². The number of nitrogens with two attached hydrogens (primary N) is 1. The molecule has 0 unspecified atom stereocenters. The highest BCUT2D eigenvalue weighted by molar-refractivity contribution is 7.11. The molecule has 0 aliphatic heterocycles. The molecule has 156 valence electrons. The van der Waals surface area contributed by atoms with Gasteiger partial charge in [0.2, 0.25) is 0 Å². The van der Waals surface area contributed by atoms with Gasteiger partial charge in [-0.3, -0.25) is 9.69 Å². The monoisotopic (exact) mass is 415 g/mol. The molecule has 29 heavy (non-hydrogen) atoms. The number of methoxy groups -OCH3 is 1. The Morgan fingerprint density at radius 1 is 1.48 bits per heavy atom. The Kier molecular flexibility index (Phi) is 7.22. The van der Waals surface area contributed by atoms with Gasteiger partial charge in [0.15, 0.2) is 0 Å². The van der Waals surface area contributed by atoms with Gasteiger partial charge in [0.25, 0.3) is 5.91 Å². The Morgan fingerprint density at radius 3 is 2.90 bits per heavy atom. The maximum absolute atomic E-state index is 13.4. The van der Waals surface area contributed by atoms with E-state index in [9.17, 15) is 4.79 Å². The molecule has 1 aliphatic carbocycles. The normalized spacial score (nSPS) is 13.3. The van der Waals surface area contributed by atoms with Crippen molar-refractivity contribution >= 4 is 40.1 Å². The number of nitrogens with zero attached hydrogens (tertiary/aromatic N) is 3. The van der Waals surface area contributed by atoms with Crippen LogP contribution in [0.1, 0.15) is 43.2 Å². The van der Waals surface area contributed by atoms with Crippen LogP contribution in [-0.4, -0.2) is 42.2 Å². The lowest BCUT2D eigenvalue weighted by Crippen LogP contribution is -2.35. The van der Waals surface area contributed by atoms with Gasteiger partial charge in [-0.15, -0.1) is 11.3 Å². The van der Waals surface area contributed by atoms with Gasteiger partial charge in [-0.2, -0.15) is 0 Å². The zero-order valence-electron chi connectivity index (χ0n) is 17.1. The van der Waals surface area contributed by atoms with Gasteiger partial charge in [-0.1, -0.05) is 19.9 Å². The number of anilines is 3. The van der Waals surface area contributed by atoms with Crippen LogP contribution in [-0.2, 0) is 16.0 Å². The molecule has 1 aliphatic rings. The molecule has 1 amide bonds. The maximum atomic E-state index is 13.4. The zero-order chi connectivity index (χ0) is 20.8. The number of unbranched alkanes of at least 4 members (excludes halogenated alkanes) is 1. The third kappa shape index (κ3) is 5.13. The molecule has 0 spiro atoms. The molecule has 2 aromatic rings. The first-order valence-corrected chi connectivity index (χ1v) is 10.9. The van der Waals surface area contributed by atoms with Gasteiger partial charge in [-0.05, 0) is 25.7 Å². The Labute approximate surface area is 176 Å². The number of carbonyl (C=O) groups excluding carboxylic acids is 1. The second kappa shape index (κ2) is 9.84. The number of nitrogens with one attached hydrogen (secondary N) is 1. The fourth-order valence-electron chi connectivity index (χ4n) is 3.14. The van der Waals surface area contributed by atoms with Crippen molar-refractivity contribution in [1.29, 1.82) is 0 Å². The van der Waals surface area contributed by atoms with Crippen LogP contribution in [0.15, 0.2) is 24.2 Å². The number of rotatable bonds is 11. The van der Waals surface area contributed by atoms with E-state index < -0.39 is 0 Å². The predicted octanol–water partition coefficient (Wildman–Crippen LogP) is 3.73. The lowest BCUT2D eigenvalue weighted by atomic mass is 10.1. The van der Waals surface area contributed by atoms with Crippen molar-refractivity contribution in [3.63, 3.8) is 0 Å². The Balaban J connectivity index is 1.98. The summed E-state index contributed by atoms with van der Waals surface area (Å²) in [6.45, 7) is 7.32. The molecule has 1 saturated carbocycles. The van der Waals surface area contributed by atoms with Crippen LogP contribution >= 0.6 is 11.3 Å². The van der Waals surface area contributed by atoms with Crippen molar-refractivity contribution in [1.82, 2.24) is 9.97 Å². The van der Waals surface area contributed by atoms with E-state index in [1.54, 1.807) is 18.2 Å². The summed E-state index contributed by atoms with van der Waals surface area (Å²) in [4.78, 5) is 24.2. The quantitative estimate of drug-likeness (QED) is 0.429. The maximum Gasteiger partial charge on any atom is 0.262 e. The second-order valence-electron chi connectivity index (χ2n) is 7.14. The number of carbonyl (C=O) groups is 1. The van der Waals surface area contributed by atoms with E-state index in [4.69, 9.17) is 15.5 Å². The largest absolute Gasteiger partial charge is 0.398 e. The molecule has 0 saturated heterocycles. The van der Waals surface area contributed by atoms with E-state index in [-0.39, 0.29) is 11.9 Å². The van der Waals surface area contributed by atoms with Crippen LogP contribution < -0.4 is 16.0 Å². The second-order valence-corrected chi connectivity index (χ2v) is 8.04. The molecule has 0 radical (unpaired) electrons. The fourth-order valence-corrected chi connectivity index (χ4v) is 3.74. The average Bonchev–Trinajstić information content (AvgIpc) is 3.38. The van der Waals surface area contributed by atoms with Crippen LogP contribution in [0.2, 0.25) is 0 Å². The molecule has 0 atom stereocenters. The smallest absolute Gasteiger partial charge is 0.262 e. The lowest BCUT2D eigenvalue weighted by molar-refractivity contribution is -0.113. The first kappa shape index (κ1) is 21.3. The van der Waals surface area contributed by atoms with Crippen LogP contribution in [0, 0.1) is 0 Å². The summed E-state index contributed by atoms with van der Waals surface area (Å²) in [5, 5.41) is 5.72. The molecule has 7 nitrogen and oxygen atoms in total. The van der Waals surface area contributed by atoms with E-state index in [2.05, 4.69) is 23.8 Å². The van der Waals surface area contributed by atoms with Crippen molar-refractivity contribution in [2.24, 2.45) is 0 Å². The number of aromatic nitrogens is 2. The van der Waals surface area contributed by atoms with Crippen LogP contribution in [0.4, 0.5) is 17.3 Å². The Bertz CT molecular complexity index is 849. The first-order chi connectivity index (χ1) is 14.1. The lowest BCUT2D eigenvalue weighted by Gasteiger charge is -2.26. The number of thiazole rings is 1. The molecule has 2 heterocycles. The van der Waals surface area contributed by atoms with Gasteiger partial charge < -0.3 is 15.8 Å². The van der Waals surface area contributed by atoms with Crippen molar-refractivity contribution < 1.29 is 9.53 Å². The molecule has 3 rings (SSSR count). The molecule has 8 heteroatoms. The standard InChI is InChI=1S/C21H29N5O2S/c1-4-5-6-16-17(22)13-18(23-9-11-28-3)25-19(16)26(15-7-8-15)21(27)14(2)20-24-10-12-29-20/h10,12-13,15H,2,4-9,11H2,1,3H3,(H3,22,23,25). The van der Waals surface area contributed by atoms with Crippen LogP contribution in [0.25, 0.3) is 5.57 Å². The molecule has 2 aromatic heterocycles. The van der Waals surface area contributed by atoms with E-state index in [0.717, 1.165) is 37.7 Å². The minimum absolute atomic E-state index is 0.126. The summed E-state index contributed by atoms with van der Waals surface area (Å²) < 4.78 is 5.10. The molecule has 1 fully saturated rings. The van der Waals surface area contributed by atoms with Crippen LogP contribution in [0.5, 0.6) is 0 Å². The zero-order valence-corrected chi connectivity index (χ0v) is 17.9. The Morgan fingerprint density at radius 2 is 2.28 bits per heavy atom. The minimum Gasteiger partial charge on any atom is -0.398 e. The van der Waals surface area contributed by atoms with Gasteiger partial charge in [0.05, 0.1) is 12.2 Å².